The van der Waals surface area contributed by atoms with Crippen LogP contribution >= 0.6 is 0 Å². The van der Waals surface area contributed by atoms with Gasteiger partial charge in [-0.2, -0.15) is 5.10 Å². The highest BCUT2D eigenvalue weighted by atomic mass is 16.5. The van der Waals surface area contributed by atoms with Gasteiger partial charge in [0.2, 0.25) is 0 Å². The van der Waals surface area contributed by atoms with E-state index < -0.39 is 0 Å². The first-order valence-electron chi connectivity index (χ1n) is 11.9. The summed E-state index contributed by atoms with van der Waals surface area (Å²) in [6.45, 7) is 9.95. The summed E-state index contributed by atoms with van der Waals surface area (Å²) in [6.07, 6.45) is 9.46. The van der Waals surface area contributed by atoms with Gasteiger partial charge in [0, 0.05) is 36.4 Å². The Labute approximate surface area is 185 Å². The molecule has 0 bridgehead atoms. The van der Waals surface area contributed by atoms with E-state index in [4.69, 9.17) is 4.74 Å². The maximum atomic E-state index is 12.7. The quantitative estimate of drug-likeness (QED) is 0.215. The Kier molecular flexibility index (Phi) is 7.55. The van der Waals surface area contributed by atoms with Crippen molar-refractivity contribution >= 4 is 24.0 Å². The lowest BCUT2D eigenvalue weighted by Gasteiger charge is -2.18. The highest BCUT2D eigenvalue weighted by molar-refractivity contribution is 6.19. The van der Waals surface area contributed by atoms with Gasteiger partial charge in [-0.3, -0.25) is 19.4 Å². The fraction of sp³-hybridized carbons (Fsp3) is 0.750. The van der Waals surface area contributed by atoms with Crippen LogP contribution in [0.25, 0.3) is 0 Å². The first kappa shape index (κ1) is 23.5. The van der Waals surface area contributed by atoms with Crippen LogP contribution in [0, 0.1) is 17.3 Å². The van der Waals surface area contributed by atoms with E-state index in [2.05, 4.69) is 24.0 Å². The third-order valence-corrected chi connectivity index (χ3v) is 6.91. The fourth-order valence-corrected chi connectivity index (χ4v) is 4.61. The summed E-state index contributed by atoms with van der Waals surface area (Å²) in [4.78, 5) is 38.9. The monoisotopic (exact) mass is 431 g/mol. The number of imide groups is 1. The molecule has 3 rings (SSSR count). The average Bonchev–Trinajstić information content (AvgIpc) is 3.23. The van der Waals surface area contributed by atoms with E-state index in [1.807, 2.05) is 20.1 Å². The molecule has 0 radical (unpaired) electrons. The van der Waals surface area contributed by atoms with Gasteiger partial charge in [-0.25, -0.2) is 4.90 Å². The van der Waals surface area contributed by atoms with Crippen LogP contribution in [-0.2, 0) is 19.1 Å². The summed E-state index contributed by atoms with van der Waals surface area (Å²) >= 11 is 0. The maximum Gasteiger partial charge on any atom is 0.311 e. The number of hydrazone groups is 1. The van der Waals surface area contributed by atoms with Crippen molar-refractivity contribution in [3.63, 3.8) is 0 Å². The number of hydrogen-bond donors (Lipinski definition) is 0. The molecule has 0 aromatic rings. The molecule has 0 N–H and O–H groups in total. The van der Waals surface area contributed by atoms with Crippen molar-refractivity contribution in [2.24, 2.45) is 22.4 Å². The van der Waals surface area contributed by atoms with Crippen molar-refractivity contribution < 1.29 is 19.1 Å². The van der Waals surface area contributed by atoms with Crippen molar-refractivity contribution in [1.82, 2.24) is 9.91 Å². The minimum Gasteiger partial charge on any atom is -0.443 e. The normalized spacial score (nSPS) is 24.7. The van der Waals surface area contributed by atoms with E-state index in [1.165, 1.54) is 0 Å². The summed E-state index contributed by atoms with van der Waals surface area (Å²) in [5.41, 5.74) is 0.991. The number of carbonyl (C=O) groups excluding carboxylic acids is 3. The zero-order chi connectivity index (χ0) is 22.6. The number of esters is 1. The predicted octanol–water partition coefficient (Wildman–Crippen LogP) is 3.89. The summed E-state index contributed by atoms with van der Waals surface area (Å²) < 4.78 is 5.44. The van der Waals surface area contributed by atoms with Crippen LogP contribution in [0.3, 0.4) is 0 Å². The van der Waals surface area contributed by atoms with Gasteiger partial charge in [-0.15, -0.1) is 0 Å². The van der Waals surface area contributed by atoms with Crippen LogP contribution in [0.15, 0.2) is 16.2 Å². The third-order valence-electron chi connectivity index (χ3n) is 6.91. The molecule has 0 saturated heterocycles. The van der Waals surface area contributed by atoms with E-state index in [-0.39, 0.29) is 41.8 Å². The Balaban J connectivity index is 1.54. The van der Waals surface area contributed by atoms with Crippen molar-refractivity contribution in [2.75, 3.05) is 19.8 Å². The van der Waals surface area contributed by atoms with Crippen LogP contribution < -0.4 is 0 Å². The molecule has 0 aromatic heterocycles. The smallest absolute Gasteiger partial charge is 0.311 e. The SMILES string of the molecule is CCCCN(CCCC)N=CC1C(C(=O)OCN2C(=O)C3=C(CCCC3)C2=O)C1(C)C. The number of hydrogen-bond acceptors (Lipinski definition) is 6. The summed E-state index contributed by atoms with van der Waals surface area (Å²) in [5.74, 6) is -1.24. The molecular formula is C24H37N3O4. The van der Waals surface area contributed by atoms with Crippen molar-refractivity contribution in [3.05, 3.63) is 11.1 Å². The first-order chi connectivity index (χ1) is 14.8. The highest BCUT2D eigenvalue weighted by Crippen LogP contribution is 2.57. The highest BCUT2D eigenvalue weighted by Gasteiger charge is 2.62. The Morgan fingerprint density at radius 3 is 2.16 bits per heavy atom. The Morgan fingerprint density at radius 2 is 1.65 bits per heavy atom. The topological polar surface area (TPSA) is 79.3 Å². The average molecular weight is 432 g/mol. The Hall–Kier alpha value is -2.18. The largest absolute Gasteiger partial charge is 0.443 e. The predicted molar refractivity (Wildman–Crippen MR) is 119 cm³/mol. The molecule has 0 aromatic carbocycles. The number of ether oxygens (including phenoxy) is 1. The zero-order valence-corrected chi connectivity index (χ0v) is 19.5. The van der Waals surface area contributed by atoms with E-state index in [0.29, 0.717) is 24.0 Å². The van der Waals surface area contributed by atoms with Gasteiger partial charge in [0.25, 0.3) is 11.8 Å². The molecule has 1 aliphatic heterocycles. The van der Waals surface area contributed by atoms with Gasteiger partial charge >= 0.3 is 5.97 Å². The third kappa shape index (κ3) is 5.01. The number of unbranched alkanes of at least 4 members (excludes halogenated alkanes) is 2. The van der Waals surface area contributed by atoms with Crippen molar-refractivity contribution in [2.45, 2.75) is 79.1 Å². The van der Waals surface area contributed by atoms with E-state index >= 15 is 0 Å². The maximum absolute atomic E-state index is 12.7. The standard InChI is InChI=1S/C24H37N3O4/c1-5-7-13-26(14-8-6-2)25-15-19-20(24(19,3)4)23(30)31-16-27-21(28)17-11-9-10-12-18(17)22(27)29/h15,19-20H,5-14,16H2,1-4H3. The minimum absolute atomic E-state index is 0.00191. The molecule has 2 amide bonds. The van der Waals surface area contributed by atoms with Crippen LogP contribution in [0.5, 0.6) is 0 Å². The lowest BCUT2D eigenvalue weighted by molar-refractivity contribution is -0.156. The van der Waals surface area contributed by atoms with Gasteiger partial charge in [0.05, 0.1) is 5.92 Å². The van der Waals surface area contributed by atoms with Crippen molar-refractivity contribution in [3.8, 4) is 0 Å². The molecule has 1 saturated carbocycles. The fourth-order valence-electron chi connectivity index (χ4n) is 4.61. The molecule has 172 valence electrons. The van der Waals surface area contributed by atoms with Crippen LogP contribution in [0.2, 0.25) is 0 Å². The lowest BCUT2D eigenvalue weighted by atomic mass is 9.93. The molecule has 3 aliphatic rings. The van der Waals surface area contributed by atoms with Gasteiger partial charge in [0.15, 0.2) is 6.73 Å². The molecule has 2 aliphatic carbocycles. The first-order valence-corrected chi connectivity index (χ1v) is 11.9. The van der Waals surface area contributed by atoms with E-state index in [0.717, 1.165) is 56.5 Å². The van der Waals surface area contributed by atoms with E-state index in [9.17, 15) is 14.4 Å². The summed E-state index contributed by atoms with van der Waals surface area (Å²) in [7, 11) is 0. The molecular weight excluding hydrogens is 394 g/mol. The molecule has 2 unspecified atom stereocenters. The lowest BCUT2D eigenvalue weighted by Crippen LogP contribution is -2.35. The van der Waals surface area contributed by atoms with E-state index in [1.54, 1.807) is 0 Å². The molecule has 7 heteroatoms. The van der Waals surface area contributed by atoms with Gasteiger partial charge in [-0.05, 0) is 43.9 Å². The van der Waals surface area contributed by atoms with Gasteiger partial charge in [-0.1, -0.05) is 40.5 Å². The molecule has 7 nitrogen and oxygen atoms in total. The molecule has 1 fully saturated rings. The van der Waals surface area contributed by atoms with Crippen LogP contribution in [0.4, 0.5) is 0 Å². The van der Waals surface area contributed by atoms with Gasteiger partial charge in [0.1, 0.15) is 0 Å². The summed E-state index contributed by atoms with van der Waals surface area (Å²) in [6, 6.07) is 0. The Bertz CT molecular complexity index is 735. The number of nitrogens with zero attached hydrogens (tertiary/aromatic N) is 3. The number of rotatable bonds is 11. The van der Waals surface area contributed by atoms with Crippen LogP contribution in [-0.4, -0.2) is 53.7 Å². The second kappa shape index (κ2) is 9.96. The number of carbonyl (C=O) groups is 3. The number of amides is 2. The van der Waals surface area contributed by atoms with Gasteiger partial charge < -0.3 is 4.74 Å². The second-order valence-corrected chi connectivity index (χ2v) is 9.55. The minimum atomic E-state index is -0.361. The second-order valence-electron chi connectivity index (χ2n) is 9.55. The molecule has 1 heterocycles. The molecule has 2 atom stereocenters. The molecule has 0 spiro atoms. The Morgan fingerprint density at radius 1 is 1.10 bits per heavy atom. The van der Waals surface area contributed by atoms with Crippen molar-refractivity contribution in [1.29, 1.82) is 0 Å². The molecule has 31 heavy (non-hydrogen) atoms. The zero-order valence-electron chi connectivity index (χ0n) is 19.5. The van der Waals surface area contributed by atoms with Crippen LogP contribution in [0.1, 0.15) is 79.1 Å². The summed E-state index contributed by atoms with van der Waals surface area (Å²) in [5, 5.41) is 6.77.